The van der Waals surface area contributed by atoms with Gasteiger partial charge in [-0.3, -0.25) is 29.1 Å². The van der Waals surface area contributed by atoms with E-state index in [1.807, 2.05) is 4.90 Å². The molecule has 10 atom stereocenters. The zero-order chi connectivity index (χ0) is 57.8. The molecule has 1 aliphatic carbocycles. The number of ketones is 2. The number of rotatable bonds is 14. The number of methoxy groups -OCH3 is 1. The second kappa shape index (κ2) is 25.5. The zero-order valence-corrected chi connectivity index (χ0v) is 48.3. The Bertz CT molecular complexity index is 2750. The number of aliphatic hydroxyl groups excluding tert-OH is 3. The molecule has 1 amide bonds. The topological polar surface area (TPSA) is 267 Å². The van der Waals surface area contributed by atoms with Gasteiger partial charge < -0.3 is 64.1 Å². The predicted molar refractivity (Wildman–Crippen MR) is 299 cm³/mol. The van der Waals surface area contributed by atoms with Crippen molar-refractivity contribution in [1.82, 2.24) is 15.1 Å². The van der Waals surface area contributed by atoms with Gasteiger partial charge in [-0.25, -0.2) is 0 Å². The third-order valence-corrected chi connectivity index (χ3v) is 17.0. The van der Waals surface area contributed by atoms with Crippen molar-refractivity contribution in [1.29, 1.82) is 0 Å². The number of aliphatic imine (C=N–C) groups is 1. The standard InChI is InChI=1S/C59H81N4O15P/c1-32(2)31-62-26-23-59(24-27-62)61-47-44-45-52(68)38(8)55-46(44)56(70)58(10,78-55)76-29-22-43(74-11)35(5)54(77-39(9)64)37(7)51(67)36(6)50(66)33(3)15-14-16-34(4)57(71)60-48(53(45)69)49(47)63(59)25-21-42(65)40-17-19-41(20-18-40)75-28-12-13-30-79(72)73/h14-20,22,29,32-33,35-37,43,49-51,54,66-69,72-73H,12-13,21,23-28,30-31H2,1-11H3,(H,60,71)/b15-14+,29-22+,34-16-/t33-,35+,36+,37+,43-,49?,50-,51+,54+,58-/m0/s1. The van der Waals surface area contributed by atoms with Gasteiger partial charge in [0.2, 0.25) is 0 Å². The Morgan fingerprint density at radius 2 is 1.62 bits per heavy atom. The predicted octanol–water partition coefficient (Wildman–Crippen LogP) is 7.26. The minimum atomic E-state index is -2.05. The summed E-state index contributed by atoms with van der Waals surface area (Å²) in [5.41, 5.74) is -0.0407. The van der Waals surface area contributed by atoms with Gasteiger partial charge in [-0.2, -0.15) is 0 Å². The highest BCUT2D eigenvalue weighted by atomic mass is 31.2. The fourth-order valence-electron chi connectivity index (χ4n) is 11.8. The number of unbranched alkanes of at least 4 members (excludes halogenated alkanes) is 1. The summed E-state index contributed by atoms with van der Waals surface area (Å²) in [4.78, 5) is 85.1. The smallest absolute Gasteiger partial charge is 0.312 e. The van der Waals surface area contributed by atoms with Crippen molar-refractivity contribution >= 4 is 43.3 Å². The maximum absolute atomic E-state index is 15.3. The SMILES string of the molecule is CO[C@H]1/C=C/O[C@@]2(C)Oc3c(C)c(O)c4c(c3C2=O)C2=NC3(CCN(CC(C)C)CC3)N(CCC(=O)c3ccc(OCCCCP(O)O)cc3)C2C(=C4O)NC(=O)/C(C)=C\C=C\[C@H](C)[C@H](O)[C@@H](C)[C@@H](O)[C@@H](C)[C@H](OC(C)=O)[C@@H]1C. The number of nitrogens with one attached hydrogen (secondary N) is 1. The lowest BCUT2D eigenvalue weighted by molar-refractivity contribution is -0.160. The first kappa shape index (κ1) is 61.1. The van der Waals surface area contributed by atoms with Crippen LogP contribution in [0.3, 0.4) is 0 Å². The Hall–Kier alpha value is -5.50. The number of fused-ring (bicyclic) bond motifs is 3. The molecule has 2 aromatic rings. The Morgan fingerprint density at radius 3 is 2.25 bits per heavy atom. The molecule has 20 heteroatoms. The maximum atomic E-state index is 15.3. The molecule has 0 radical (unpaired) electrons. The van der Waals surface area contributed by atoms with Gasteiger partial charge in [0.15, 0.2) is 14.2 Å². The molecule has 5 aliphatic rings. The molecule has 19 nitrogen and oxygen atoms in total. The van der Waals surface area contributed by atoms with E-state index in [0.29, 0.717) is 68.8 Å². The number of nitrogens with zero attached hydrogens (tertiary/aromatic N) is 3. The number of amides is 1. The number of piperidine rings is 1. The van der Waals surface area contributed by atoms with Crippen molar-refractivity contribution in [2.75, 3.05) is 46.1 Å². The number of hydrogen-bond acceptors (Lipinski definition) is 18. The van der Waals surface area contributed by atoms with Crippen LogP contribution in [0.1, 0.15) is 132 Å². The molecule has 0 aromatic heterocycles. The van der Waals surface area contributed by atoms with E-state index in [9.17, 15) is 44.6 Å². The van der Waals surface area contributed by atoms with Crippen molar-refractivity contribution in [2.24, 2.45) is 34.6 Å². The number of likely N-dealkylation sites (tertiary alicyclic amines) is 1. The molecule has 432 valence electrons. The van der Waals surface area contributed by atoms with Crippen molar-refractivity contribution < 1.29 is 73.1 Å². The summed E-state index contributed by atoms with van der Waals surface area (Å²) in [7, 11) is -0.503. The number of carbonyl (C=O) groups is 4. The summed E-state index contributed by atoms with van der Waals surface area (Å²) < 4.78 is 30.3. The number of benzene rings is 2. The van der Waals surface area contributed by atoms with E-state index in [-0.39, 0.29) is 63.7 Å². The highest BCUT2D eigenvalue weighted by Crippen LogP contribution is 2.53. The summed E-state index contributed by atoms with van der Waals surface area (Å²) in [6, 6.07) is 5.73. The minimum absolute atomic E-state index is 0.00138. The number of Topliss-reactive ketones (excluding diaryl/α,β-unsaturated/α-hetero) is 2. The summed E-state index contributed by atoms with van der Waals surface area (Å²) in [6.45, 7) is 19.7. The number of esters is 1. The average molecular weight is 1120 g/mol. The third-order valence-electron chi connectivity index (χ3n) is 16.3. The molecule has 2 aromatic carbocycles. The molecule has 4 heterocycles. The lowest BCUT2D eigenvalue weighted by Gasteiger charge is -2.45. The first-order valence-corrected chi connectivity index (χ1v) is 28.9. The van der Waals surface area contributed by atoms with Crippen molar-refractivity contribution in [3.05, 3.63) is 93.9 Å². The Labute approximate surface area is 464 Å². The number of aromatic hydroxyl groups is 1. The summed E-state index contributed by atoms with van der Waals surface area (Å²) in [5.74, 6) is -6.66. The van der Waals surface area contributed by atoms with Crippen LogP contribution in [0.2, 0.25) is 0 Å². The maximum Gasteiger partial charge on any atom is 0.312 e. The van der Waals surface area contributed by atoms with Crippen LogP contribution in [0.25, 0.3) is 5.76 Å². The number of phenols is 1. The normalized spacial score (nSPS) is 30.1. The number of aliphatic hydroxyl groups is 3. The molecule has 79 heavy (non-hydrogen) atoms. The van der Waals surface area contributed by atoms with Crippen LogP contribution in [-0.2, 0) is 23.8 Å². The van der Waals surface area contributed by atoms with Gasteiger partial charge in [0.1, 0.15) is 34.8 Å². The molecule has 4 aliphatic heterocycles. The highest BCUT2D eigenvalue weighted by molar-refractivity contribution is 7.45. The Kier molecular flexibility index (Phi) is 19.8. The molecule has 7 N–H and O–H groups in total. The van der Waals surface area contributed by atoms with Crippen LogP contribution < -0.4 is 14.8 Å². The summed E-state index contributed by atoms with van der Waals surface area (Å²) >= 11 is 0. The van der Waals surface area contributed by atoms with Crippen LogP contribution in [0.15, 0.2) is 71.1 Å². The van der Waals surface area contributed by atoms with Gasteiger partial charge in [-0.1, -0.05) is 59.8 Å². The first-order chi connectivity index (χ1) is 37.3. The van der Waals surface area contributed by atoms with E-state index in [1.54, 1.807) is 84.0 Å². The van der Waals surface area contributed by atoms with Crippen molar-refractivity contribution in [2.45, 2.75) is 143 Å². The van der Waals surface area contributed by atoms with Crippen LogP contribution >= 0.6 is 8.38 Å². The fourth-order valence-corrected chi connectivity index (χ4v) is 12.3. The van der Waals surface area contributed by atoms with E-state index in [1.165, 1.54) is 33.3 Å². The molecule has 1 fully saturated rings. The molecular weight excluding hydrogens is 1040 g/mol. The molecule has 1 unspecified atom stereocenters. The average Bonchev–Trinajstić information content (AvgIpc) is 4.12. The van der Waals surface area contributed by atoms with E-state index in [0.717, 1.165) is 6.54 Å². The fraction of sp³-hybridized carbons (Fsp3) is 0.576. The monoisotopic (exact) mass is 1120 g/mol. The second-order valence-corrected chi connectivity index (χ2v) is 23.7. The quantitative estimate of drug-likeness (QED) is 0.0425. The van der Waals surface area contributed by atoms with Gasteiger partial charge >= 0.3 is 11.8 Å². The molecular formula is C59H81N4O15P. The number of phenolic OH excluding ortho intramolecular Hbond substituents is 1. The Balaban J connectivity index is 1.34. The molecule has 1 saturated heterocycles. The third kappa shape index (κ3) is 13.0. The van der Waals surface area contributed by atoms with Gasteiger partial charge in [0, 0.05) is 106 Å². The van der Waals surface area contributed by atoms with Crippen LogP contribution in [0.4, 0.5) is 0 Å². The highest BCUT2D eigenvalue weighted by Gasteiger charge is 2.58. The summed E-state index contributed by atoms with van der Waals surface area (Å²) in [6.07, 6.45) is 6.19. The second-order valence-electron chi connectivity index (χ2n) is 22.5. The van der Waals surface area contributed by atoms with Gasteiger partial charge in [-0.15, -0.1) is 0 Å². The zero-order valence-electron chi connectivity index (χ0n) is 47.4. The number of ether oxygens (including phenoxy) is 5. The minimum Gasteiger partial charge on any atom is -0.507 e. The number of hydrogen-bond donors (Lipinski definition) is 7. The Morgan fingerprint density at radius 1 is 0.937 bits per heavy atom. The van der Waals surface area contributed by atoms with E-state index < -0.39 is 103 Å². The molecule has 5 bridgehead atoms. The lowest BCUT2D eigenvalue weighted by atomic mass is 9.78. The largest absolute Gasteiger partial charge is 0.507 e. The van der Waals surface area contributed by atoms with Crippen LogP contribution in [-0.4, -0.2) is 157 Å². The lowest BCUT2D eigenvalue weighted by Crippen LogP contribution is -2.57. The van der Waals surface area contributed by atoms with Gasteiger partial charge in [-0.05, 0) is 75.8 Å². The first-order valence-electron chi connectivity index (χ1n) is 27.5. The molecule has 1 spiro atoms. The van der Waals surface area contributed by atoms with Crippen LogP contribution in [0, 0.1) is 36.5 Å². The van der Waals surface area contributed by atoms with E-state index in [4.69, 9.17) is 28.7 Å². The molecule has 7 rings (SSSR count). The van der Waals surface area contributed by atoms with Gasteiger partial charge in [0.25, 0.3) is 11.7 Å². The van der Waals surface area contributed by atoms with Crippen LogP contribution in [0.5, 0.6) is 17.2 Å². The van der Waals surface area contributed by atoms with E-state index in [2.05, 4.69) is 24.1 Å². The molecule has 0 saturated carbocycles. The van der Waals surface area contributed by atoms with Crippen molar-refractivity contribution in [3.8, 4) is 17.2 Å². The van der Waals surface area contributed by atoms with Gasteiger partial charge in [0.05, 0.1) is 59.8 Å². The number of carbonyl (C=O) groups excluding carboxylic acids is 4. The van der Waals surface area contributed by atoms with E-state index >= 15 is 4.79 Å². The number of allylic oxidation sites excluding steroid dienone is 2. The van der Waals surface area contributed by atoms with Crippen molar-refractivity contribution in [3.63, 3.8) is 0 Å². The summed E-state index contributed by atoms with van der Waals surface area (Å²) in [5, 5.41) is 51.4.